The van der Waals surface area contributed by atoms with Gasteiger partial charge in [-0.1, -0.05) is 41.5 Å². The normalized spacial score (nSPS) is 42.5. The highest BCUT2D eigenvalue weighted by Gasteiger charge is 2.63. The molecule has 4 nitrogen and oxygen atoms in total. The number of amides is 2. The summed E-state index contributed by atoms with van der Waals surface area (Å²) in [5.74, 6) is 2.41. The van der Waals surface area contributed by atoms with Crippen molar-refractivity contribution in [3.63, 3.8) is 0 Å². The third-order valence-corrected chi connectivity index (χ3v) is 11.1. The molecule has 0 spiro atoms. The second-order valence-electron chi connectivity index (χ2n) is 12.6. The lowest BCUT2D eigenvalue weighted by Gasteiger charge is -2.42. The van der Waals surface area contributed by atoms with Crippen molar-refractivity contribution >= 4 is 11.8 Å². The molecule has 2 amide bonds. The van der Waals surface area contributed by atoms with E-state index in [1.54, 1.807) is 0 Å². The average molecular weight is 417 g/mol. The minimum atomic E-state index is -0.0177. The van der Waals surface area contributed by atoms with Crippen LogP contribution >= 0.6 is 0 Å². The number of hydrogen-bond donors (Lipinski definition) is 2. The Bertz CT molecular complexity index is 714. The van der Waals surface area contributed by atoms with Crippen LogP contribution < -0.4 is 10.6 Å². The van der Waals surface area contributed by atoms with Gasteiger partial charge in [-0.05, 0) is 85.4 Å². The van der Waals surface area contributed by atoms with Crippen molar-refractivity contribution in [2.24, 2.45) is 34.0 Å². The Morgan fingerprint density at radius 3 is 1.93 bits per heavy atom. The van der Waals surface area contributed by atoms with Crippen molar-refractivity contribution in [2.45, 2.75) is 117 Å². The quantitative estimate of drug-likeness (QED) is 0.560. The van der Waals surface area contributed by atoms with Crippen LogP contribution in [0.1, 0.15) is 106 Å². The minimum Gasteiger partial charge on any atom is -0.353 e. The Hall–Kier alpha value is -1.06. The topological polar surface area (TPSA) is 58.2 Å². The van der Waals surface area contributed by atoms with E-state index in [-0.39, 0.29) is 28.2 Å². The van der Waals surface area contributed by atoms with E-state index in [0.29, 0.717) is 30.2 Å². The molecule has 170 valence electrons. The molecule has 0 aromatic carbocycles. The third-order valence-electron chi connectivity index (χ3n) is 11.1. The van der Waals surface area contributed by atoms with Crippen molar-refractivity contribution in [2.75, 3.05) is 0 Å². The molecule has 4 fully saturated rings. The van der Waals surface area contributed by atoms with E-state index in [1.165, 1.54) is 25.7 Å². The smallest absolute Gasteiger partial charge is 0.220 e. The van der Waals surface area contributed by atoms with Crippen molar-refractivity contribution in [1.29, 1.82) is 0 Å². The summed E-state index contributed by atoms with van der Waals surface area (Å²) < 4.78 is 0. The zero-order chi connectivity index (χ0) is 21.9. The van der Waals surface area contributed by atoms with Gasteiger partial charge in [0.2, 0.25) is 11.8 Å². The van der Waals surface area contributed by atoms with E-state index in [9.17, 15) is 9.59 Å². The summed E-state index contributed by atoms with van der Waals surface area (Å²) in [5.41, 5.74) is 0.742. The molecule has 30 heavy (non-hydrogen) atoms. The first-order valence-electron chi connectivity index (χ1n) is 12.5. The Labute approximate surface area is 183 Å². The van der Waals surface area contributed by atoms with Gasteiger partial charge in [0.15, 0.2) is 0 Å². The highest BCUT2D eigenvalue weighted by molar-refractivity contribution is 5.78. The molecule has 4 heteroatoms. The van der Waals surface area contributed by atoms with Crippen LogP contribution in [0.2, 0.25) is 0 Å². The van der Waals surface area contributed by atoms with Gasteiger partial charge in [-0.15, -0.1) is 0 Å². The molecule has 4 saturated carbocycles. The molecule has 4 rings (SSSR count). The number of rotatable bonds is 7. The fourth-order valence-electron chi connectivity index (χ4n) is 8.29. The summed E-state index contributed by atoms with van der Waals surface area (Å²) in [5, 5.41) is 6.81. The molecule has 0 radical (unpaired) electrons. The summed E-state index contributed by atoms with van der Waals surface area (Å²) in [7, 11) is 0. The van der Waals surface area contributed by atoms with E-state index in [2.05, 4.69) is 52.2 Å². The second kappa shape index (κ2) is 7.24. The van der Waals surface area contributed by atoms with Crippen LogP contribution in [0.5, 0.6) is 0 Å². The SMILES string of the molecule is C[C@H]1C[C@H]2CC[C@@]1(NC(=O)CCCCC(=O)N[C@H]1C[C@H]3CC[C@@]1(C)C3(C)C)C2(C)C. The van der Waals surface area contributed by atoms with Gasteiger partial charge >= 0.3 is 0 Å². The third kappa shape index (κ3) is 3.06. The largest absolute Gasteiger partial charge is 0.353 e. The van der Waals surface area contributed by atoms with Crippen LogP contribution in [0.4, 0.5) is 0 Å². The number of hydrogen-bond acceptors (Lipinski definition) is 2. The number of carbonyl (C=O) groups excluding carboxylic acids is 2. The molecule has 4 aliphatic rings. The van der Waals surface area contributed by atoms with Crippen LogP contribution in [-0.4, -0.2) is 23.4 Å². The number of unbranched alkanes of at least 4 members (excludes halogenated alkanes) is 1. The minimum absolute atomic E-state index is 0.0177. The van der Waals surface area contributed by atoms with Crippen LogP contribution in [0.25, 0.3) is 0 Å². The lowest BCUT2D eigenvalue weighted by Crippen LogP contribution is -2.56. The molecule has 4 bridgehead atoms. The monoisotopic (exact) mass is 416 g/mol. The predicted molar refractivity (Wildman–Crippen MR) is 121 cm³/mol. The molecule has 4 aliphatic carbocycles. The van der Waals surface area contributed by atoms with Crippen LogP contribution in [0.15, 0.2) is 0 Å². The Morgan fingerprint density at radius 1 is 0.833 bits per heavy atom. The second-order valence-corrected chi connectivity index (χ2v) is 12.6. The molecule has 0 saturated heterocycles. The van der Waals surface area contributed by atoms with E-state index >= 15 is 0 Å². The Morgan fingerprint density at radius 2 is 1.43 bits per heavy atom. The van der Waals surface area contributed by atoms with Gasteiger partial charge in [0.05, 0.1) is 0 Å². The van der Waals surface area contributed by atoms with Crippen molar-refractivity contribution in [3.05, 3.63) is 0 Å². The first kappa shape index (κ1) is 22.1. The maximum absolute atomic E-state index is 12.7. The fraction of sp³-hybridized carbons (Fsp3) is 0.923. The lowest BCUT2D eigenvalue weighted by molar-refractivity contribution is -0.126. The highest BCUT2D eigenvalue weighted by Crippen LogP contribution is 2.65. The van der Waals surface area contributed by atoms with Gasteiger partial charge in [-0.3, -0.25) is 9.59 Å². The van der Waals surface area contributed by atoms with Crippen molar-refractivity contribution in [1.82, 2.24) is 10.6 Å². The highest BCUT2D eigenvalue weighted by atomic mass is 16.2. The molecular weight excluding hydrogens is 372 g/mol. The first-order valence-corrected chi connectivity index (χ1v) is 12.5. The van der Waals surface area contributed by atoms with E-state index in [4.69, 9.17) is 0 Å². The standard InChI is InChI=1S/C26H44N2O2/c1-17-15-18-12-14-26(17,24(18,4)5)28-22(30)10-8-7-9-21(29)27-20-16-19-11-13-25(20,6)23(19,2)3/h17-20H,7-16H2,1-6H3,(H,27,29)(H,28,30)/t17-,18+,19+,20-,25+,26-/m0/s1. The molecule has 2 N–H and O–H groups in total. The number of nitrogens with one attached hydrogen (secondary N) is 2. The van der Waals surface area contributed by atoms with E-state index in [0.717, 1.165) is 37.5 Å². The van der Waals surface area contributed by atoms with E-state index < -0.39 is 0 Å². The van der Waals surface area contributed by atoms with Gasteiger partial charge < -0.3 is 10.6 Å². The lowest BCUT2D eigenvalue weighted by atomic mass is 9.69. The van der Waals surface area contributed by atoms with Gasteiger partial charge in [0, 0.05) is 24.4 Å². The van der Waals surface area contributed by atoms with Gasteiger partial charge in [-0.25, -0.2) is 0 Å². The van der Waals surface area contributed by atoms with Gasteiger partial charge in [-0.2, -0.15) is 0 Å². The molecule has 0 aromatic rings. The molecule has 0 heterocycles. The molecular formula is C26H44N2O2. The van der Waals surface area contributed by atoms with Gasteiger partial charge in [0.1, 0.15) is 0 Å². The molecule has 0 aromatic heterocycles. The van der Waals surface area contributed by atoms with Gasteiger partial charge in [0.25, 0.3) is 0 Å². The zero-order valence-electron chi connectivity index (χ0n) is 20.2. The fourth-order valence-corrected chi connectivity index (χ4v) is 8.29. The Kier molecular flexibility index (Phi) is 5.34. The Balaban J connectivity index is 1.20. The van der Waals surface area contributed by atoms with E-state index in [1.807, 2.05) is 0 Å². The molecule has 0 aliphatic heterocycles. The van der Waals surface area contributed by atoms with Crippen LogP contribution in [0.3, 0.4) is 0 Å². The maximum Gasteiger partial charge on any atom is 0.220 e. The number of fused-ring (bicyclic) bond motifs is 4. The summed E-state index contributed by atoms with van der Waals surface area (Å²) >= 11 is 0. The summed E-state index contributed by atoms with van der Waals surface area (Å²) in [6.07, 6.45) is 9.95. The predicted octanol–water partition coefficient (Wildman–Crippen LogP) is 5.21. The van der Waals surface area contributed by atoms with Crippen molar-refractivity contribution in [3.8, 4) is 0 Å². The summed E-state index contributed by atoms with van der Waals surface area (Å²) in [6.45, 7) is 14.1. The first-order chi connectivity index (χ1) is 13.9. The van der Waals surface area contributed by atoms with Crippen molar-refractivity contribution < 1.29 is 9.59 Å². The zero-order valence-corrected chi connectivity index (χ0v) is 20.2. The summed E-state index contributed by atoms with van der Waals surface area (Å²) in [6, 6.07) is 0.322. The van der Waals surface area contributed by atoms with Crippen LogP contribution in [0, 0.1) is 34.0 Å². The van der Waals surface area contributed by atoms with Crippen LogP contribution in [-0.2, 0) is 9.59 Å². The summed E-state index contributed by atoms with van der Waals surface area (Å²) in [4.78, 5) is 25.3. The maximum atomic E-state index is 12.7. The number of carbonyl (C=O) groups is 2. The average Bonchev–Trinajstić information content (AvgIpc) is 3.18. The molecule has 0 unspecified atom stereocenters. The molecule has 6 atom stereocenters.